The fraction of sp³-hybridized carbons (Fsp3) is 0.520. The number of pyridine rings is 1. The monoisotopic (exact) mass is 407 g/mol. The van der Waals surface area contributed by atoms with Crippen molar-refractivity contribution in [3.05, 3.63) is 50.8 Å². The predicted molar refractivity (Wildman–Crippen MR) is 116 cm³/mol. The van der Waals surface area contributed by atoms with E-state index >= 15 is 0 Å². The van der Waals surface area contributed by atoms with Gasteiger partial charge in [0.15, 0.2) is 5.43 Å². The lowest BCUT2D eigenvalue weighted by Crippen LogP contribution is -2.33. The standard InChI is InChI=1S/C25H29NO4/c1-25(2,3)22-11-17-15-8-9-30-23(15)16(14-6-4-5-7-14)10-18(17)20-12-21(27)19(24(28)29)13-26(20)22/h10,12-14,22H,4-9,11H2,1-3H3,(H,28,29)/t22-/m0/s1. The highest BCUT2D eigenvalue weighted by atomic mass is 16.5. The summed E-state index contributed by atoms with van der Waals surface area (Å²) >= 11 is 0. The Hall–Kier alpha value is -2.56. The molecular formula is C25H29NO4. The zero-order valence-corrected chi connectivity index (χ0v) is 18.0. The molecule has 158 valence electrons. The summed E-state index contributed by atoms with van der Waals surface area (Å²) in [6.45, 7) is 7.24. The van der Waals surface area contributed by atoms with Gasteiger partial charge in [-0.15, -0.1) is 0 Å². The van der Waals surface area contributed by atoms with Gasteiger partial charge in [-0.1, -0.05) is 33.6 Å². The Morgan fingerprint density at radius 2 is 1.90 bits per heavy atom. The van der Waals surface area contributed by atoms with Crippen LogP contribution in [-0.2, 0) is 12.8 Å². The molecule has 3 heterocycles. The molecule has 0 unspecified atom stereocenters. The minimum atomic E-state index is -1.16. The van der Waals surface area contributed by atoms with Crippen LogP contribution in [-0.4, -0.2) is 22.2 Å². The molecule has 5 nitrogen and oxygen atoms in total. The fourth-order valence-electron chi connectivity index (χ4n) is 5.67. The number of aromatic carboxylic acids is 1. The molecular weight excluding hydrogens is 378 g/mol. The van der Waals surface area contributed by atoms with Crippen molar-refractivity contribution in [2.45, 2.75) is 71.3 Å². The van der Waals surface area contributed by atoms with E-state index in [9.17, 15) is 14.7 Å². The zero-order valence-electron chi connectivity index (χ0n) is 18.0. The molecule has 0 saturated heterocycles. The minimum absolute atomic E-state index is 0.0701. The molecule has 1 atom stereocenters. The molecule has 0 bridgehead atoms. The van der Waals surface area contributed by atoms with E-state index < -0.39 is 11.4 Å². The van der Waals surface area contributed by atoms with E-state index in [0.29, 0.717) is 5.92 Å². The van der Waals surface area contributed by atoms with Crippen molar-refractivity contribution in [1.82, 2.24) is 4.57 Å². The van der Waals surface area contributed by atoms with Crippen molar-refractivity contribution in [2.75, 3.05) is 6.61 Å². The van der Waals surface area contributed by atoms with Crippen LogP contribution in [0.5, 0.6) is 5.75 Å². The molecule has 0 amide bonds. The molecule has 1 aromatic carbocycles. The van der Waals surface area contributed by atoms with E-state index in [2.05, 4.69) is 26.8 Å². The van der Waals surface area contributed by atoms with E-state index in [1.165, 1.54) is 42.4 Å². The lowest BCUT2D eigenvalue weighted by Gasteiger charge is -2.40. The third kappa shape index (κ3) is 2.90. The SMILES string of the molecule is CC(C)(C)[C@@H]1Cc2c(cc(C3CCCC3)c3c2CCO3)-c2cc(=O)c(C(=O)O)cn21. The molecule has 2 aromatic rings. The lowest BCUT2D eigenvalue weighted by molar-refractivity contribution is 0.0693. The Balaban J connectivity index is 1.79. The van der Waals surface area contributed by atoms with Gasteiger partial charge in [0.2, 0.25) is 0 Å². The molecule has 1 aliphatic carbocycles. The van der Waals surface area contributed by atoms with Gasteiger partial charge in [-0.2, -0.15) is 0 Å². The first-order chi connectivity index (χ1) is 14.3. The topological polar surface area (TPSA) is 68.5 Å². The van der Waals surface area contributed by atoms with Crippen molar-refractivity contribution in [1.29, 1.82) is 0 Å². The van der Waals surface area contributed by atoms with Crippen LogP contribution in [0.3, 0.4) is 0 Å². The fourth-order valence-corrected chi connectivity index (χ4v) is 5.67. The highest BCUT2D eigenvalue weighted by Crippen LogP contribution is 2.50. The van der Waals surface area contributed by atoms with Crippen molar-refractivity contribution in [3.63, 3.8) is 0 Å². The molecule has 5 heteroatoms. The van der Waals surface area contributed by atoms with Crippen LogP contribution >= 0.6 is 0 Å². The highest BCUT2D eigenvalue weighted by Gasteiger charge is 2.37. The van der Waals surface area contributed by atoms with Crippen LogP contribution in [0.2, 0.25) is 0 Å². The van der Waals surface area contributed by atoms with Crippen LogP contribution in [0.4, 0.5) is 0 Å². The van der Waals surface area contributed by atoms with Crippen LogP contribution in [0.1, 0.15) is 85.5 Å². The number of carboxylic acids is 1. The Morgan fingerprint density at radius 3 is 2.57 bits per heavy atom. The summed E-state index contributed by atoms with van der Waals surface area (Å²) in [5.41, 5.74) is 5.15. The normalized spacial score (nSPS) is 20.4. The number of carbonyl (C=O) groups is 1. The van der Waals surface area contributed by atoms with Crippen molar-refractivity contribution >= 4 is 5.97 Å². The Kier molecular flexibility index (Phi) is 4.35. The largest absolute Gasteiger partial charge is 0.493 e. The molecule has 1 saturated carbocycles. The van der Waals surface area contributed by atoms with Gasteiger partial charge in [0.25, 0.3) is 0 Å². The maximum Gasteiger partial charge on any atom is 0.341 e. The maximum absolute atomic E-state index is 12.7. The van der Waals surface area contributed by atoms with Gasteiger partial charge in [-0.05, 0) is 47.8 Å². The summed E-state index contributed by atoms with van der Waals surface area (Å²) in [7, 11) is 0. The first kappa shape index (κ1) is 19.4. The van der Waals surface area contributed by atoms with Gasteiger partial charge >= 0.3 is 5.97 Å². The maximum atomic E-state index is 12.7. The average molecular weight is 408 g/mol. The number of hydrogen-bond donors (Lipinski definition) is 1. The van der Waals surface area contributed by atoms with Gasteiger partial charge in [0, 0.05) is 35.9 Å². The van der Waals surface area contributed by atoms with E-state index in [4.69, 9.17) is 4.74 Å². The van der Waals surface area contributed by atoms with Gasteiger partial charge in [0.1, 0.15) is 11.3 Å². The van der Waals surface area contributed by atoms with Crippen molar-refractivity contribution < 1.29 is 14.6 Å². The van der Waals surface area contributed by atoms with Gasteiger partial charge in [-0.25, -0.2) is 4.79 Å². The second kappa shape index (κ2) is 6.73. The number of aromatic nitrogens is 1. The molecule has 0 spiro atoms. The van der Waals surface area contributed by atoms with E-state index in [1.54, 1.807) is 12.3 Å². The van der Waals surface area contributed by atoms with Crippen LogP contribution in [0.15, 0.2) is 23.1 Å². The Labute approximate surface area is 176 Å². The van der Waals surface area contributed by atoms with Crippen LogP contribution < -0.4 is 10.2 Å². The first-order valence-corrected chi connectivity index (χ1v) is 11.1. The number of ether oxygens (including phenoxy) is 1. The molecule has 1 aromatic heterocycles. The Morgan fingerprint density at radius 1 is 1.17 bits per heavy atom. The highest BCUT2D eigenvalue weighted by molar-refractivity contribution is 5.88. The Bertz CT molecular complexity index is 1100. The van der Waals surface area contributed by atoms with Crippen LogP contribution in [0.25, 0.3) is 11.3 Å². The third-order valence-electron chi connectivity index (χ3n) is 7.24. The summed E-state index contributed by atoms with van der Waals surface area (Å²) in [6.07, 6.45) is 8.17. The average Bonchev–Trinajstić information content (AvgIpc) is 3.37. The zero-order chi connectivity index (χ0) is 21.2. The third-order valence-corrected chi connectivity index (χ3v) is 7.24. The summed E-state index contributed by atoms with van der Waals surface area (Å²) in [6, 6.07) is 3.86. The smallest absolute Gasteiger partial charge is 0.341 e. The number of rotatable bonds is 2. The molecule has 30 heavy (non-hydrogen) atoms. The molecule has 3 aliphatic rings. The first-order valence-electron chi connectivity index (χ1n) is 11.1. The van der Waals surface area contributed by atoms with E-state index in [-0.39, 0.29) is 17.0 Å². The molecule has 5 rings (SSSR count). The number of nitrogens with zero attached hydrogens (tertiary/aromatic N) is 1. The van der Waals surface area contributed by atoms with E-state index in [0.717, 1.165) is 36.5 Å². The van der Waals surface area contributed by atoms with E-state index in [1.807, 2.05) is 4.57 Å². The number of benzene rings is 1. The number of fused-ring (bicyclic) bond motifs is 5. The second-order valence-electron chi connectivity index (χ2n) is 10.1. The van der Waals surface area contributed by atoms with Crippen LogP contribution in [0, 0.1) is 5.41 Å². The van der Waals surface area contributed by atoms with Gasteiger partial charge in [0.05, 0.1) is 12.3 Å². The summed E-state index contributed by atoms with van der Waals surface area (Å²) in [5, 5.41) is 9.54. The lowest BCUT2D eigenvalue weighted by atomic mass is 9.76. The van der Waals surface area contributed by atoms with Gasteiger partial charge < -0.3 is 14.4 Å². The second-order valence-corrected chi connectivity index (χ2v) is 10.1. The number of carboxylic acid groups (broad SMARTS) is 1. The number of hydrogen-bond acceptors (Lipinski definition) is 3. The molecule has 1 N–H and O–H groups in total. The van der Waals surface area contributed by atoms with Crippen molar-refractivity contribution in [3.8, 4) is 17.0 Å². The molecule has 0 radical (unpaired) electrons. The minimum Gasteiger partial charge on any atom is -0.493 e. The molecule has 1 fully saturated rings. The van der Waals surface area contributed by atoms with Crippen molar-refractivity contribution in [2.24, 2.45) is 5.41 Å². The van der Waals surface area contributed by atoms with Gasteiger partial charge in [-0.3, -0.25) is 4.79 Å². The summed E-state index contributed by atoms with van der Waals surface area (Å²) in [4.78, 5) is 24.3. The molecule has 2 aliphatic heterocycles. The summed E-state index contributed by atoms with van der Waals surface area (Å²) in [5.74, 6) is 0.440. The quantitative estimate of drug-likeness (QED) is 0.765. The predicted octanol–water partition coefficient (Wildman–Crippen LogP) is 4.95. The summed E-state index contributed by atoms with van der Waals surface area (Å²) < 4.78 is 8.19.